The third-order valence-corrected chi connectivity index (χ3v) is 3.44. The van der Waals surface area contributed by atoms with Gasteiger partial charge in [-0.3, -0.25) is 19.2 Å². The van der Waals surface area contributed by atoms with Gasteiger partial charge in [-0.15, -0.1) is 0 Å². The van der Waals surface area contributed by atoms with Gasteiger partial charge in [0, 0.05) is 18.6 Å². The fourth-order valence-electron chi connectivity index (χ4n) is 2.04. The number of hydrogen-bond donors (Lipinski definition) is 5. The largest absolute Gasteiger partial charge is 0.508 e. The molecule has 0 spiro atoms. The number of carboxylic acids is 1. The van der Waals surface area contributed by atoms with Crippen molar-refractivity contribution in [3.63, 3.8) is 0 Å². The van der Waals surface area contributed by atoms with Gasteiger partial charge in [0.1, 0.15) is 23.0 Å². The molecule has 0 aromatic heterocycles. The molecule has 0 unspecified atom stereocenters. The molecule has 0 atom stereocenters. The number of carbonyl (C=O) groups excluding carboxylic acids is 3. The van der Waals surface area contributed by atoms with E-state index in [2.05, 4.69) is 4.74 Å². The Morgan fingerprint density at radius 1 is 0.800 bits per heavy atom. The van der Waals surface area contributed by atoms with E-state index in [4.69, 9.17) is 20.4 Å². The first-order valence-electron chi connectivity index (χ1n) is 8.57. The van der Waals surface area contributed by atoms with Gasteiger partial charge < -0.3 is 30.3 Å². The summed E-state index contributed by atoms with van der Waals surface area (Å²) in [4.78, 5) is 41.6. The second-order valence-corrected chi connectivity index (χ2v) is 5.88. The van der Waals surface area contributed by atoms with Crippen LogP contribution in [-0.4, -0.2) is 49.2 Å². The number of phenols is 4. The third-order valence-electron chi connectivity index (χ3n) is 3.44. The maximum Gasteiger partial charge on any atom is 0.314 e. The van der Waals surface area contributed by atoms with E-state index in [9.17, 15) is 24.3 Å². The highest BCUT2D eigenvalue weighted by Crippen LogP contribution is 2.23. The minimum Gasteiger partial charge on any atom is -0.508 e. The summed E-state index contributed by atoms with van der Waals surface area (Å²) in [6.07, 6.45) is 0.0739. The van der Waals surface area contributed by atoms with Crippen molar-refractivity contribution in [3.05, 3.63) is 48.0 Å². The first kappa shape index (κ1) is 24.0. The molecule has 0 radical (unpaired) electrons. The summed E-state index contributed by atoms with van der Waals surface area (Å²) in [5, 5.41) is 43.9. The number of Topliss-reactive ketones (excluding diaryl/α,β-unsaturated/α-hetero) is 1. The molecule has 1 fully saturated rings. The van der Waals surface area contributed by atoms with Gasteiger partial charge in [-0.25, -0.2) is 0 Å². The SMILES string of the molecule is O=C(O)CCC(=O)c1ccc(O)cc1O.O=C1CCC(=O)O1.Oc1cccc(O)c1. The van der Waals surface area contributed by atoms with Crippen molar-refractivity contribution in [1.82, 2.24) is 0 Å². The van der Waals surface area contributed by atoms with Gasteiger partial charge in [-0.1, -0.05) is 6.07 Å². The lowest BCUT2D eigenvalue weighted by Gasteiger charge is -2.02. The van der Waals surface area contributed by atoms with E-state index in [-0.39, 0.29) is 54.2 Å². The molecule has 0 amide bonds. The van der Waals surface area contributed by atoms with Crippen LogP contribution in [0.3, 0.4) is 0 Å². The number of esters is 2. The van der Waals surface area contributed by atoms with Crippen LogP contribution in [0.1, 0.15) is 36.0 Å². The Morgan fingerprint density at radius 2 is 1.33 bits per heavy atom. The van der Waals surface area contributed by atoms with E-state index in [1.807, 2.05) is 0 Å². The molecule has 3 rings (SSSR count). The molecule has 0 bridgehead atoms. The van der Waals surface area contributed by atoms with Crippen LogP contribution >= 0.6 is 0 Å². The molecule has 0 aliphatic carbocycles. The molecule has 0 saturated carbocycles. The summed E-state index contributed by atoms with van der Waals surface area (Å²) in [5.41, 5.74) is 0.0223. The number of carboxylic acid groups (broad SMARTS) is 1. The van der Waals surface area contributed by atoms with E-state index in [1.54, 1.807) is 6.07 Å². The second-order valence-electron chi connectivity index (χ2n) is 5.88. The Hall–Kier alpha value is -4.08. The van der Waals surface area contributed by atoms with Gasteiger partial charge in [0.15, 0.2) is 5.78 Å². The summed E-state index contributed by atoms with van der Waals surface area (Å²) < 4.78 is 4.08. The molecule has 10 heteroatoms. The van der Waals surface area contributed by atoms with Crippen molar-refractivity contribution < 1.29 is 49.4 Å². The molecule has 2 aromatic rings. The molecular weight excluding hydrogens is 400 g/mol. The van der Waals surface area contributed by atoms with Crippen molar-refractivity contribution in [2.45, 2.75) is 25.7 Å². The van der Waals surface area contributed by atoms with Gasteiger partial charge in [-0.2, -0.15) is 0 Å². The van der Waals surface area contributed by atoms with E-state index in [1.165, 1.54) is 30.3 Å². The lowest BCUT2D eigenvalue weighted by atomic mass is 10.1. The van der Waals surface area contributed by atoms with Crippen LogP contribution < -0.4 is 0 Å². The minimum absolute atomic E-state index is 0.0223. The highest BCUT2D eigenvalue weighted by molar-refractivity contribution is 5.99. The molecule has 1 heterocycles. The molecule has 1 saturated heterocycles. The van der Waals surface area contributed by atoms with Crippen molar-refractivity contribution in [2.75, 3.05) is 0 Å². The van der Waals surface area contributed by atoms with Crippen molar-refractivity contribution in [1.29, 1.82) is 0 Å². The van der Waals surface area contributed by atoms with Crippen LogP contribution in [0.25, 0.3) is 0 Å². The van der Waals surface area contributed by atoms with E-state index in [0.717, 1.165) is 6.07 Å². The molecule has 160 valence electrons. The number of ether oxygens (including phenoxy) is 1. The van der Waals surface area contributed by atoms with Crippen molar-refractivity contribution in [3.8, 4) is 23.0 Å². The lowest BCUT2D eigenvalue weighted by Crippen LogP contribution is -2.03. The number of benzene rings is 2. The van der Waals surface area contributed by atoms with Gasteiger partial charge in [-0.05, 0) is 24.3 Å². The maximum absolute atomic E-state index is 11.4. The van der Waals surface area contributed by atoms with E-state index >= 15 is 0 Å². The van der Waals surface area contributed by atoms with Crippen LogP contribution in [0.4, 0.5) is 0 Å². The van der Waals surface area contributed by atoms with Crippen LogP contribution in [0.2, 0.25) is 0 Å². The highest BCUT2D eigenvalue weighted by Gasteiger charge is 2.19. The quantitative estimate of drug-likeness (QED) is 0.279. The van der Waals surface area contributed by atoms with Gasteiger partial charge >= 0.3 is 17.9 Å². The van der Waals surface area contributed by atoms with Gasteiger partial charge in [0.25, 0.3) is 0 Å². The fraction of sp³-hybridized carbons (Fsp3) is 0.200. The Bertz CT molecular complexity index is 888. The number of carbonyl (C=O) groups is 4. The summed E-state index contributed by atoms with van der Waals surface area (Å²) >= 11 is 0. The minimum atomic E-state index is -1.07. The average Bonchev–Trinajstić information content (AvgIpc) is 3.03. The molecule has 1 aliphatic heterocycles. The Morgan fingerprint density at radius 3 is 1.70 bits per heavy atom. The van der Waals surface area contributed by atoms with E-state index < -0.39 is 23.7 Å². The zero-order chi connectivity index (χ0) is 22.7. The number of aliphatic carboxylic acids is 1. The highest BCUT2D eigenvalue weighted by atomic mass is 16.6. The maximum atomic E-state index is 11.4. The Labute approximate surface area is 170 Å². The summed E-state index contributed by atoms with van der Waals surface area (Å²) in [6, 6.07) is 9.40. The first-order chi connectivity index (χ1) is 14.1. The smallest absolute Gasteiger partial charge is 0.314 e. The zero-order valence-corrected chi connectivity index (χ0v) is 15.6. The van der Waals surface area contributed by atoms with Crippen LogP contribution in [0.5, 0.6) is 23.0 Å². The number of phenolic OH excluding ortho intramolecular Hbond substituents is 4. The Balaban J connectivity index is 0.000000250. The number of hydrogen-bond acceptors (Lipinski definition) is 9. The predicted octanol–water partition coefficient (Wildman–Crippen LogP) is 2.09. The number of ketones is 1. The van der Waals surface area contributed by atoms with Crippen LogP contribution in [0.15, 0.2) is 42.5 Å². The monoisotopic (exact) mass is 420 g/mol. The number of rotatable bonds is 4. The predicted molar refractivity (Wildman–Crippen MR) is 101 cm³/mol. The molecular formula is C20H20O10. The van der Waals surface area contributed by atoms with Crippen LogP contribution in [-0.2, 0) is 19.1 Å². The average molecular weight is 420 g/mol. The molecule has 30 heavy (non-hydrogen) atoms. The second kappa shape index (κ2) is 11.7. The number of aromatic hydroxyl groups is 4. The van der Waals surface area contributed by atoms with Crippen LogP contribution in [0, 0.1) is 0 Å². The zero-order valence-electron chi connectivity index (χ0n) is 15.6. The first-order valence-corrected chi connectivity index (χ1v) is 8.57. The normalized spacial score (nSPS) is 12.0. The van der Waals surface area contributed by atoms with Gasteiger partial charge in [0.2, 0.25) is 0 Å². The number of cyclic esters (lactones) is 2. The standard InChI is InChI=1S/C10H10O5.C6H6O2.C4H4O3/c11-6-1-2-7(9(13)5-6)8(12)3-4-10(14)15;7-5-2-1-3-6(8)4-5;5-3-1-2-4(6)7-3/h1-2,5,11,13H,3-4H2,(H,14,15);1-4,7-8H;1-2H2. The third kappa shape index (κ3) is 9.22. The molecule has 10 nitrogen and oxygen atoms in total. The summed E-state index contributed by atoms with van der Waals surface area (Å²) in [7, 11) is 0. The summed E-state index contributed by atoms with van der Waals surface area (Å²) in [6.45, 7) is 0. The molecule has 5 N–H and O–H groups in total. The van der Waals surface area contributed by atoms with Gasteiger partial charge in [0.05, 0.1) is 24.8 Å². The topological polar surface area (TPSA) is 179 Å². The molecule has 1 aliphatic rings. The molecule has 2 aromatic carbocycles. The summed E-state index contributed by atoms with van der Waals surface area (Å²) in [5.74, 6) is -2.64. The van der Waals surface area contributed by atoms with E-state index in [0.29, 0.717) is 0 Å². The van der Waals surface area contributed by atoms with Crippen molar-refractivity contribution in [2.24, 2.45) is 0 Å². The lowest BCUT2D eigenvalue weighted by molar-refractivity contribution is -0.152. The Kier molecular flexibility index (Phi) is 9.34. The fourth-order valence-corrected chi connectivity index (χ4v) is 2.04. The van der Waals surface area contributed by atoms with Crippen molar-refractivity contribution >= 4 is 23.7 Å².